The predicted octanol–water partition coefficient (Wildman–Crippen LogP) is 1.16. The monoisotopic (exact) mass is 280 g/mol. The molecule has 19 heavy (non-hydrogen) atoms. The Balaban J connectivity index is -0.000000916. The zero-order chi connectivity index (χ0) is 15.6. The van der Waals surface area contributed by atoms with Crippen molar-refractivity contribution in [3.63, 3.8) is 0 Å². The van der Waals surface area contributed by atoms with E-state index in [1.807, 2.05) is 0 Å². The van der Waals surface area contributed by atoms with Gasteiger partial charge in [0.25, 0.3) is 5.91 Å². The number of nitrogens with zero attached hydrogens (tertiary/aromatic N) is 1. The van der Waals surface area contributed by atoms with Crippen LogP contribution in [0.3, 0.4) is 0 Å². The van der Waals surface area contributed by atoms with Crippen LogP contribution in [0.5, 0.6) is 0 Å². The second kappa shape index (κ2) is 9.57. The van der Waals surface area contributed by atoms with Crippen molar-refractivity contribution in [1.82, 2.24) is 10.4 Å². The summed E-state index contributed by atoms with van der Waals surface area (Å²) in [4.78, 5) is 28.0. The maximum absolute atomic E-state index is 11.7. The minimum atomic E-state index is -0.644. The van der Waals surface area contributed by atoms with Crippen LogP contribution in [0.15, 0.2) is 0 Å². The number of aliphatic hydroxyl groups is 1. The number of aliphatic hydroxyl groups excluding tert-OH is 1. The smallest absolute Gasteiger partial charge is 0.408 e. The van der Waals surface area contributed by atoms with E-state index < -0.39 is 17.7 Å². The highest BCUT2D eigenvalue weighted by Crippen LogP contribution is 2.07. The number of hydrogen-bond acceptors (Lipinski definition) is 5. The van der Waals surface area contributed by atoms with Gasteiger partial charge in [-0.2, -0.15) is 0 Å². The van der Waals surface area contributed by atoms with Gasteiger partial charge < -0.3 is 15.2 Å². The molecule has 0 unspecified atom stereocenters. The zero-order valence-corrected chi connectivity index (χ0v) is 12.8. The lowest BCUT2D eigenvalue weighted by molar-refractivity contribution is -0.171. The fourth-order valence-corrected chi connectivity index (χ4v) is 1.10. The zero-order valence-electron chi connectivity index (χ0n) is 12.8. The van der Waals surface area contributed by atoms with E-state index in [1.165, 1.54) is 14.2 Å². The molecule has 1 atom stereocenters. The molecule has 0 aliphatic carbocycles. The van der Waals surface area contributed by atoms with E-state index in [0.717, 1.165) is 12.2 Å². The number of carbonyl (C=O) groups is 2. The summed E-state index contributed by atoms with van der Waals surface area (Å²) < 4.78 is 5.07. The summed E-state index contributed by atoms with van der Waals surface area (Å²) in [6.07, 6.45) is -0.145. The number of alkyl carbamates (subject to hydrolysis) is 1. The number of nitrogens with one attached hydrogen (secondary N) is 1. The molecule has 0 bridgehead atoms. The molecule has 0 aromatic carbocycles. The van der Waals surface area contributed by atoms with Crippen molar-refractivity contribution in [3.05, 3.63) is 0 Å². The summed E-state index contributed by atoms with van der Waals surface area (Å²) in [5.74, 6) is -0.319. The molecular weight excluding hydrogens is 252 g/mol. The third-order valence-electron chi connectivity index (χ3n) is 1.98. The normalized spacial score (nSPS) is 11.8. The third kappa shape index (κ3) is 9.26. The first-order valence-electron chi connectivity index (χ1n) is 5.97. The maximum atomic E-state index is 11.7. The van der Waals surface area contributed by atoms with Crippen LogP contribution in [-0.2, 0) is 14.4 Å². The van der Waals surface area contributed by atoms with Crippen LogP contribution in [0.1, 0.15) is 35.5 Å². The number of hydrogen-bond donors (Lipinski definition) is 2. The number of likely N-dealkylation sites (N-methyl/N-ethyl adjacent to an activating group) is 1. The highest BCUT2D eigenvalue weighted by atomic mass is 16.7. The molecule has 0 fully saturated rings. The molecule has 7 heteroatoms. The number of amides is 2. The Morgan fingerprint density at radius 1 is 1.37 bits per heavy atom. The molecule has 2 N–H and O–H groups in total. The molecule has 0 radical (unpaired) electrons. The lowest BCUT2D eigenvalue weighted by atomic mass is 10.2. The highest BCUT2D eigenvalue weighted by Gasteiger charge is 2.25. The van der Waals surface area contributed by atoms with Gasteiger partial charge in [0.1, 0.15) is 11.6 Å². The Kier molecular flexibility index (Phi) is 10.1. The molecule has 116 valence electrons. The largest absolute Gasteiger partial charge is 0.444 e. The third-order valence-corrected chi connectivity index (χ3v) is 1.98. The quantitative estimate of drug-likeness (QED) is 0.755. The van der Waals surface area contributed by atoms with E-state index in [-0.39, 0.29) is 7.33 Å². The van der Waals surface area contributed by atoms with E-state index >= 15 is 0 Å². The molecule has 0 aliphatic rings. The highest BCUT2D eigenvalue weighted by molar-refractivity contribution is 5.84. The van der Waals surface area contributed by atoms with Crippen LogP contribution in [0.2, 0.25) is 0 Å². The fraction of sp³-hybridized carbons (Fsp3) is 0.833. The SMILES string of the molecule is CC[C@@H](NC(=O)OC(C)(C)C)C(=O)N(C)OC.CO.[HH]. The lowest BCUT2D eigenvalue weighted by Crippen LogP contribution is -2.48. The molecular formula is C12H28N2O5. The van der Waals surface area contributed by atoms with Crippen LogP contribution >= 0.6 is 0 Å². The van der Waals surface area contributed by atoms with E-state index in [9.17, 15) is 9.59 Å². The average Bonchev–Trinajstić information content (AvgIpc) is 2.34. The molecule has 0 heterocycles. The van der Waals surface area contributed by atoms with Crippen molar-refractivity contribution < 1.29 is 25.7 Å². The minimum absolute atomic E-state index is 0. The topological polar surface area (TPSA) is 88.1 Å². The van der Waals surface area contributed by atoms with Crippen molar-refractivity contribution in [2.45, 2.75) is 45.8 Å². The molecule has 0 aromatic rings. The summed E-state index contributed by atoms with van der Waals surface area (Å²) in [7, 11) is 3.87. The van der Waals surface area contributed by atoms with Gasteiger partial charge in [-0.15, -0.1) is 0 Å². The Bertz CT molecular complexity index is 282. The van der Waals surface area contributed by atoms with Crippen LogP contribution < -0.4 is 5.32 Å². The van der Waals surface area contributed by atoms with Crippen molar-refractivity contribution in [2.24, 2.45) is 0 Å². The minimum Gasteiger partial charge on any atom is -0.444 e. The van der Waals surface area contributed by atoms with E-state index in [1.54, 1.807) is 27.7 Å². The molecule has 0 aromatic heterocycles. The molecule has 0 spiro atoms. The van der Waals surface area contributed by atoms with Gasteiger partial charge in [-0.3, -0.25) is 9.63 Å². The van der Waals surface area contributed by atoms with Gasteiger partial charge in [0.15, 0.2) is 0 Å². The van der Waals surface area contributed by atoms with E-state index in [2.05, 4.69) is 5.32 Å². The summed E-state index contributed by atoms with van der Waals surface area (Å²) in [5, 5.41) is 10.6. The first-order valence-corrected chi connectivity index (χ1v) is 5.97. The van der Waals surface area contributed by atoms with Crippen LogP contribution in [0.25, 0.3) is 0 Å². The number of hydroxylamine groups is 2. The molecule has 0 saturated carbocycles. The van der Waals surface area contributed by atoms with Gasteiger partial charge in [-0.05, 0) is 27.2 Å². The summed E-state index contributed by atoms with van der Waals surface area (Å²) in [6, 6.07) is -0.644. The summed E-state index contributed by atoms with van der Waals surface area (Å²) in [6.45, 7) is 7.08. The first-order chi connectivity index (χ1) is 8.71. The van der Waals surface area contributed by atoms with Gasteiger partial charge >= 0.3 is 6.09 Å². The summed E-state index contributed by atoms with van der Waals surface area (Å²) in [5.41, 5.74) is -0.585. The fourth-order valence-electron chi connectivity index (χ4n) is 1.10. The molecule has 7 nitrogen and oxygen atoms in total. The predicted molar refractivity (Wildman–Crippen MR) is 73.5 cm³/mol. The Hall–Kier alpha value is -1.34. The van der Waals surface area contributed by atoms with Gasteiger partial charge in [-0.25, -0.2) is 9.86 Å². The molecule has 0 aliphatic heterocycles. The van der Waals surface area contributed by atoms with Crippen molar-refractivity contribution in [1.29, 1.82) is 0 Å². The number of rotatable bonds is 4. The first kappa shape index (κ1) is 20.0. The lowest BCUT2D eigenvalue weighted by Gasteiger charge is -2.24. The van der Waals surface area contributed by atoms with Crippen molar-refractivity contribution in [2.75, 3.05) is 21.3 Å². The van der Waals surface area contributed by atoms with E-state index in [0.29, 0.717) is 6.42 Å². The molecule has 0 rings (SSSR count). The van der Waals surface area contributed by atoms with Gasteiger partial charge in [-0.1, -0.05) is 6.92 Å². The Morgan fingerprint density at radius 2 is 1.84 bits per heavy atom. The summed E-state index contributed by atoms with van der Waals surface area (Å²) >= 11 is 0. The average molecular weight is 280 g/mol. The Labute approximate surface area is 116 Å². The molecule has 2 amide bonds. The Morgan fingerprint density at radius 3 is 2.16 bits per heavy atom. The van der Waals surface area contributed by atoms with Crippen LogP contribution in [0.4, 0.5) is 4.79 Å². The van der Waals surface area contributed by atoms with Gasteiger partial charge in [0.05, 0.1) is 7.11 Å². The van der Waals surface area contributed by atoms with E-state index in [4.69, 9.17) is 14.7 Å². The maximum Gasteiger partial charge on any atom is 0.408 e. The number of ether oxygens (including phenoxy) is 1. The van der Waals surface area contributed by atoms with Gasteiger partial charge in [0.2, 0.25) is 0 Å². The van der Waals surface area contributed by atoms with Crippen LogP contribution in [0, 0.1) is 0 Å². The second-order valence-corrected chi connectivity index (χ2v) is 4.63. The second-order valence-electron chi connectivity index (χ2n) is 4.63. The van der Waals surface area contributed by atoms with Crippen molar-refractivity contribution >= 4 is 12.0 Å². The standard InChI is InChI=1S/C11H22N2O4.CH4O.H2/c1-7-8(9(14)13(5)16-6)12-10(15)17-11(2,3)4;1-2;/h8H,7H2,1-6H3,(H,12,15);2H,1H3;1H/t8-;;/m1../s1. The number of carbonyl (C=O) groups excluding carboxylic acids is 2. The van der Waals surface area contributed by atoms with Crippen LogP contribution in [-0.4, -0.2) is 55.1 Å². The molecule has 0 saturated heterocycles. The van der Waals surface area contributed by atoms with Crippen molar-refractivity contribution in [3.8, 4) is 0 Å². The van der Waals surface area contributed by atoms with Gasteiger partial charge in [0, 0.05) is 15.6 Å².